The predicted octanol–water partition coefficient (Wildman–Crippen LogP) is 1.78. The zero-order valence-corrected chi connectivity index (χ0v) is 6.82. The van der Waals surface area contributed by atoms with Gasteiger partial charge in [0.05, 0.1) is 24.3 Å². The monoisotopic (exact) mass is 187 g/mol. The van der Waals surface area contributed by atoms with E-state index in [2.05, 4.69) is 5.32 Å². The lowest BCUT2D eigenvalue weighted by Crippen LogP contribution is -2.03. The van der Waals surface area contributed by atoms with Gasteiger partial charge in [-0.05, 0) is 0 Å². The third kappa shape index (κ3) is 5.29. The van der Waals surface area contributed by atoms with Crippen LogP contribution in [-0.4, -0.2) is 0 Å². The Morgan fingerprint density at radius 2 is 1.45 bits per heavy atom. The minimum absolute atomic E-state index is 0.0731. The van der Waals surface area contributed by atoms with E-state index in [0.29, 0.717) is 0 Å². The van der Waals surface area contributed by atoms with Crippen LogP contribution in [0.4, 0.5) is 0 Å². The molecule has 0 aromatic heterocycles. The summed E-state index contributed by atoms with van der Waals surface area (Å²) in [6.45, 7) is 0. The average molecular weight is 188 g/mol. The second-order valence-electron chi connectivity index (χ2n) is 1.37. The van der Waals surface area contributed by atoms with Crippen molar-refractivity contribution in [1.82, 2.24) is 5.32 Å². The molecule has 0 unspecified atom stereocenters. The molecular weight excluding hydrogens is 185 g/mol. The van der Waals surface area contributed by atoms with Gasteiger partial charge in [0.2, 0.25) is 0 Å². The summed E-state index contributed by atoms with van der Waals surface area (Å²) in [6, 6.07) is 3.38. The molecule has 0 amide bonds. The summed E-state index contributed by atoms with van der Waals surface area (Å²) in [5, 5.41) is 18.7. The van der Waals surface area contributed by atoms with Gasteiger partial charge in [0.15, 0.2) is 0 Å². The lowest BCUT2D eigenvalue weighted by molar-refractivity contribution is 1.13. The van der Waals surface area contributed by atoms with Gasteiger partial charge in [-0.25, -0.2) is 0 Å². The number of nitrogens with zero attached hydrogens (tertiary/aromatic N) is 2. The Kier molecular flexibility index (Phi) is 5.02. The Hall–Kier alpha value is -1.16. The van der Waals surface area contributed by atoms with E-state index in [9.17, 15) is 0 Å². The Labute approximate surface area is 74.1 Å². The molecule has 0 radical (unpaired) electrons. The van der Waals surface area contributed by atoms with Gasteiger partial charge in [-0.3, -0.25) is 0 Å². The Bertz CT molecular complexity index is 239. The third-order valence-electron chi connectivity index (χ3n) is 0.621. The lowest BCUT2D eigenvalue weighted by Gasteiger charge is -1.97. The van der Waals surface area contributed by atoms with Crippen molar-refractivity contribution in [2.75, 3.05) is 0 Å². The summed E-state index contributed by atoms with van der Waals surface area (Å²) < 4.78 is 0. The van der Waals surface area contributed by atoms with Crippen molar-refractivity contribution in [2.24, 2.45) is 0 Å². The van der Waals surface area contributed by atoms with Gasteiger partial charge < -0.3 is 5.32 Å². The molecule has 0 aromatic carbocycles. The van der Waals surface area contributed by atoms with Crippen molar-refractivity contribution in [3.05, 3.63) is 22.5 Å². The third-order valence-corrected chi connectivity index (χ3v) is 1.03. The average Bonchev–Trinajstić information content (AvgIpc) is 1.87. The first-order valence-corrected chi connectivity index (χ1v) is 3.24. The molecule has 0 bridgehead atoms. The second kappa shape index (κ2) is 5.61. The molecule has 0 saturated carbocycles. The summed E-state index contributed by atoms with van der Waals surface area (Å²) in [6.07, 6.45) is 2.13. The van der Waals surface area contributed by atoms with Gasteiger partial charge in [-0.15, -0.1) is 0 Å². The van der Waals surface area contributed by atoms with Crippen LogP contribution in [0.5, 0.6) is 0 Å². The summed E-state index contributed by atoms with van der Waals surface area (Å²) in [5.74, 6) is 0. The van der Waals surface area contributed by atoms with Crippen LogP contribution in [0.2, 0.25) is 0 Å². The summed E-state index contributed by atoms with van der Waals surface area (Å²) >= 11 is 10.8. The van der Waals surface area contributed by atoms with Gasteiger partial charge in [-0.1, -0.05) is 23.2 Å². The molecule has 0 aliphatic heterocycles. The molecule has 0 fully saturated rings. The van der Waals surface area contributed by atoms with E-state index in [1.807, 2.05) is 0 Å². The molecule has 0 atom stereocenters. The van der Waals surface area contributed by atoms with Crippen LogP contribution in [0.1, 0.15) is 0 Å². The Balaban J connectivity index is 4.10. The summed E-state index contributed by atoms with van der Waals surface area (Å²) in [7, 11) is 0. The summed E-state index contributed by atoms with van der Waals surface area (Å²) in [5.41, 5.74) is 0. The molecule has 0 aromatic rings. The highest BCUT2D eigenvalue weighted by molar-refractivity contribution is 6.33. The van der Waals surface area contributed by atoms with Gasteiger partial charge >= 0.3 is 0 Å². The van der Waals surface area contributed by atoms with Crippen LogP contribution in [0.3, 0.4) is 0 Å². The van der Waals surface area contributed by atoms with Crippen molar-refractivity contribution in [3.63, 3.8) is 0 Å². The molecule has 0 aliphatic rings. The number of nitriles is 2. The highest BCUT2D eigenvalue weighted by atomic mass is 35.5. The first-order valence-electron chi connectivity index (χ1n) is 2.48. The molecule has 56 valence electrons. The minimum atomic E-state index is 0.0731. The lowest BCUT2D eigenvalue weighted by atomic mass is 10.6. The molecule has 0 heterocycles. The molecule has 0 saturated heterocycles. The van der Waals surface area contributed by atoms with E-state index in [0.717, 1.165) is 12.2 Å². The number of hydrogen-bond donors (Lipinski definition) is 1. The quantitative estimate of drug-likeness (QED) is 0.530. The van der Waals surface area contributed by atoms with Gasteiger partial charge in [0.25, 0.3) is 0 Å². The van der Waals surface area contributed by atoms with Gasteiger partial charge in [0.1, 0.15) is 10.3 Å². The second-order valence-corrected chi connectivity index (χ2v) is 2.18. The SMILES string of the molecule is N#C/C=C(\Cl)N/C(Cl)=C/C#N. The van der Waals surface area contributed by atoms with E-state index in [1.54, 1.807) is 12.1 Å². The van der Waals surface area contributed by atoms with E-state index in [4.69, 9.17) is 33.7 Å². The fraction of sp³-hybridized carbons (Fsp3) is 0. The number of rotatable bonds is 2. The molecule has 0 spiro atoms. The highest BCUT2D eigenvalue weighted by Gasteiger charge is 1.92. The molecule has 3 nitrogen and oxygen atoms in total. The van der Waals surface area contributed by atoms with Crippen molar-refractivity contribution >= 4 is 23.2 Å². The van der Waals surface area contributed by atoms with Crippen LogP contribution < -0.4 is 5.32 Å². The Morgan fingerprint density at radius 1 is 1.09 bits per heavy atom. The smallest absolute Gasteiger partial charge is 0.117 e. The standard InChI is InChI=1S/C6H3Cl2N3/c7-5(1-3-9)11-6(8)2-4-10/h1-2,11H/b5-1+,6-2+. The van der Waals surface area contributed by atoms with Gasteiger partial charge in [-0.2, -0.15) is 10.5 Å². The van der Waals surface area contributed by atoms with Crippen LogP contribution >= 0.6 is 23.2 Å². The fourth-order valence-electron chi connectivity index (χ4n) is 0.300. The van der Waals surface area contributed by atoms with Crippen LogP contribution in [0, 0.1) is 22.7 Å². The molecular formula is C6H3Cl2N3. The Morgan fingerprint density at radius 3 is 1.73 bits per heavy atom. The zero-order chi connectivity index (χ0) is 8.69. The number of hydrogen-bond acceptors (Lipinski definition) is 3. The van der Waals surface area contributed by atoms with E-state index in [1.165, 1.54) is 0 Å². The van der Waals surface area contributed by atoms with Crippen LogP contribution in [0.25, 0.3) is 0 Å². The molecule has 11 heavy (non-hydrogen) atoms. The molecule has 0 rings (SSSR count). The van der Waals surface area contributed by atoms with Gasteiger partial charge in [0, 0.05) is 0 Å². The molecule has 1 N–H and O–H groups in total. The first kappa shape index (κ1) is 9.84. The number of allylic oxidation sites excluding steroid dienone is 2. The van der Waals surface area contributed by atoms with Crippen molar-refractivity contribution < 1.29 is 0 Å². The largest absolute Gasteiger partial charge is 0.336 e. The molecule has 5 heteroatoms. The van der Waals surface area contributed by atoms with E-state index >= 15 is 0 Å². The maximum Gasteiger partial charge on any atom is 0.117 e. The summed E-state index contributed by atoms with van der Waals surface area (Å²) in [4.78, 5) is 0. The predicted molar refractivity (Wildman–Crippen MR) is 42.2 cm³/mol. The van der Waals surface area contributed by atoms with E-state index in [-0.39, 0.29) is 10.3 Å². The molecule has 0 aliphatic carbocycles. The van der Waals surface area contributed by atoms with Crippen molar-refractivity contribution in [3.8, 4) is 12.1 Å². The fourth-order valence-corrected chi connectivity index (χ4v) is 0.649. The van der Waals surface area contributed by atoms with E-state index < -0.39 is 0 Å². The highest BCUT2D eigenvalue weighted by Crippen LogP contribution is 2.02. The normalized spacial score (nSPS) is 11.6. The number of halogens is 2. The first-order chi connectivity index (χ1) is 5.20. The zero-order valence-electron chi connectivity index (χ0n) is 5.31. The van der Waals surface area contributed by atoms with Crippen LogP contribution in [0.15, 0.2) is 22.5 Å². The maximum atomic E-state index is 8.10. The minimum Gasteiger partial charge on any atom is -0.336 e. The van der Waals surface area contributed by atoms with Crippen LogP contribution in [-0.2, 0) is 0 Å². The number of nitrogens with one attached hydrogen (secondary N) is 1. The van der Waals surface area contributed by atoms with Crippen molar-refractivity contribution in [1.29, 1.82) is 10.5 Å². The van der Waals surface area contributed by atoms with Crippen molar-refractivity contribution in [2.45, 2.75) is 0 Å². The topological polar surface area (TPSA) is 59.6 Å². The maximum absolute atomic E-state index is 8.10.